The number of halogens is 1. The molecule has 0 aliphatic carbocycles. The Kier molecular flexibility index (Phi) is 7.72. The van der Waals surface area contributed by atoms with Crippen molar-refractivity contribution in [2.24, 2.45) is 5.41 Å². The molecule has 0 fully saturated rings. The molecule has 0 amide bonds. The Bertz CT molecular complexity index is 112. The first-order valence-corrected chi connectivity index (χ1v) is 5.44. The minimum Gasteiger partial charge on any atom is -0.379 e. The number of ether oxygens (including phenoxy) is 1. The number of nitrogens with one attached hydrogen (secondary N) is 1. The third kappa shape index (κ3) is 12.2. The molecule has 0 rings (SSSR count). The van der Waals surface area contributed by atoms with Crippen LogP contribution in [0.3, 0.4) is 0 Å². The summed E-state index contributed by atoms with van der Waals surface area (Å²) < 4.78 is 5.22. The molecule has 0 spiro atoms. The van der Waals surface area contributed by atoms with E-state index in [1.165, 1.54) is 6.42 Å². The average molecular weight is 208 g/mol. The normalized spacial score (nSPS) is 12.0. The molecule has 0 saturated carbocycles. The topological polar surface area (TPSA) is 21.3 Å². The molecule has 0 aromatic heterocycles. The molecule has 2 nitrogen and oxygen atoms in total. The second-order valence-corrected chi connectivity index (χ2v) is 4.74. The van der Waals surface area contributed by atoms with Gasteiger partial charge in [0.1, 0.15) is 0 Å². The summed E-state index contributed by atoms with van der Waals surface area (Å²) in [7, 11) is 0. The highest BCUT2D eigenvalue weighted by molar-refractivity contribution is 6.17. The van der Waals surface area contributed by atoms with E-state index in [0.29, 0.717) is 17.9 Å². The van der Waals surface area contributed by atoms with Crippen LogP contribution >= 0.6 is 11.6 Å². The molecule has 0 radical (unpaired) electrons. The average Bonchev–Trinajstić information content (AvgIpc) is 2.01. The first-order valence-electron chi connectivity index (χ1n) is 4.91. The van der Waals surface area contributed by atoms with Gasteiger partial charge in [-0.2, -0.15) is 0 Å². The van der Waals surface area contributed by atoms with E-state index in [4.69, 9.17) is 16.3 Å². The quantitative estimate of drug-likeness (QED) is 0.511. The predicted molar refractivity (Wildman–Crippen MR) is 58.5 cm³/mol. The van der Waals surface area contributed by atoms with Crippen molar-refractivity contribution in [1.29, 1.82) is 0 Å². The Balaban J connectivity index is 3.00. The lowest BCUT2D eigenvalue weighted by Crippen LogP contribution is -2.24. The predicted octanol–water partition coefficient (Wildman–Crippen LogP) is 2.27. The third-order valence-electron chi connectivity index (χ3n) is 1.70. The van der Waals surface area contributed by atoms with Crippen molar-refractivity contribution in [3.05, 3.63) is 0 Å². The van der Waals surface area contributed by atoms with Crippen LogP contribution in [0.15, 0.2) is 0 Å². The lowest BCUT2D eigenvalue weighted by molar-refractivity contribution is 0.150. The van der Waals surface area contributed by atoms with Crippen LogP contribution in [0, 0.1) is 5.41 Å². The molecule has 3 heteroatoms. The van der Waals surface area contributed by atoms with E-state index in [-0.39, 0.29) is 0 Å². The Morgan fingerprint density at radius 3 is 2.38 bits per heavy atom. The van der Waals surface area contributed by atoms with E-state index in [0.717, 1.165) is 19.7 Å². The van der Waals surface area contributed by atoms with E-state index in [2.05, 4.69) is 26.1 Å². The van der Waals surface area contributed by atoms with Crippen LogP contribution in [0.25, 0.3) is 0 Å². The highest BCUT2D eigenvalue weighted by Crippen LogP contribution is 2.16. The third-order valence-corrected chi connectivity index (χ3v) is 1.85. The van der Waals surface area contributed by atoms with Crippen molar-refractivity contribution in [3.8, 4) is 0 Å². The molecule has 0 aliphatic rings. The number of hydrogen-bond acceptors (Lipinski definition) is 2. The summed E-state index contributed by atoms with van der Waals surface area (Å²) in [6, 6.07) is 0. The van der Waals surface area contributed by atoms with Crippen molar-refractivity contribution < 1.29 is 4.74 Å². The molecular weight excluding hydrogens is 186 g/mol. The van der Waals surface area contributed by atoms with Gasteiger partial charge >= 0.3 is 0 Å². The molecule has 0 aromatic rings. The molecular formula is C10H22ClNO. The van der Waals surface area contributed by atoms with Gasteiger partial charge in [-0.3, -0.25) is 0 Å². The molecule has 0 unspecified atom stereocenters. The van der Waals surface area contributed by atoms with Crippen molar-refractivity contribution in [1.82, 2.24) is 5.32 Å². The molecule has 0 atom stereocenters. The Morgan fingerprint density at radius 2 is 1.85 bits per heavy atom. The largest absolute Gasteiger partial charge is 0.379 e. The van der Waals surface area contributed by atoms with Gasteiger partial charge in [-0.15, -0.1) is 11.6 Å². The van der Waals surface area contributed by atoms with Gasteiger partial charge < -0.3 is 10.1 Å². The molecule has 13 heavy (non-hydrogen) atoms. The standard InChI is InChI=1S/C10H22ClNO/c1-10(2,3)4-6-12-7-9-13-8-5-11/h12H,4-9H2,1-3H3. The van der Waals surface area contributed by atoms with Gasteiger partial charge in [-0.1, -0.05) is 20.8 Å². The van der Waals surface area contributed by atoms with E-state index in [1.54, 1.807) is 0 Å². The van der Waals surface area contributed by atoms with Crippen molar-refractivity contribution >= 4 is 11.6 Å². The highest BCUT2D eigenvalue weighted by atomic mass is 35.5. The van der Waals surface area contributed by atoms with Gasteiger partial charge in [-0.05, 0) is 18.4 Å². The second-order valence-electron chi connectivity index (χ2n) is 4.36. The lowest BCUT2D eigenvalue weighted by Gasteiger charge is -2.17. The Hall–Kier alpha value is 0.210. The van der Waals surface area contributed by atoms with Crippen molar-refractivity contribution in [2.75, 3.05) is 32.2 Å². The van der Waals surface area contributed by atoms with Crippen LogP contribution < -0.4 is 5.32 Å². The summed E-state index contributed by atoms with van der Waals surface area (Å²) in [6.07, 6.45) is 1.20. The lowest BCUT2D eigenvalue weighted by atomic mass is 9.92. The van der Waals surface area contributed by atoms with Crippen LogP contribution in [0.2, 0.25) is 0 Å². The molecule has 0 aliphatic heterocycles. The van der Waals surface area contributed by atoms with E-state index in [9.17, 15) is 0 Å². The fourth-order valence-electron chi connectivity index (χ4n) is 0.889. The van der Waals surface area contributed by atoms with Gasteiger partial charge in [0, 0.05) is 12.4 Å². The second kappa shape index (κ2) is 7.60. The summed E-state index contributed by atoms with van der Waals surface area (Å²) in [4.78, 5) is 0. The van der Waals surface area contributed by atoms with Crippen LogP contribution in [-0.2, 0) is 4.74 Å². The summed E-state index contributed by atoms with van der Waals surface area (Å²) in [5, 5.41) is 3.33. The van der Waals surface area contributed by atoms with Crippen molar-refractivity contribution in [3.63, 3.8) is 0 Å². The minimum absolute atomic E-state index is 0.421. The van der Waals surface area contributed by atoms with Gasteiger partial charge in [0.15, 0.2) is 0 Å². The minimum atomic E-state index is 0.421. The zero-order chi connectivity index (χ0) is 10.2. The number of alkyl halides is 1. The molecule has 0 heterocycles. The first-order chi connectivity index (χ1) is 6.06. The van der Waals surface area contributed by atoms with Crippen LogP contribution in [0.1, 0.15) is 27.2 Å². The smallest absolute Gasteiger partial charge is 0.0602 e. The zero-order valence-electron chi connectivity index (χ0n) is 9.03. The van der Waals surface area contributed by atoms with Gasteiger partial charge in [0.05, 0.1) is 13.2 Å². The fraction of sp³-hybridized carbons (Fsp3) is 1.00. The maximum atomic E-state index is 5.46. The number of rotatable bonds is 7. The summed E-state index contributed by atoms with van der Waals surface area (Å²) in [5.74, 6) is 0.585. The molecule has 1 N–H and O–H groups in total. The van der Waals surface area contributed by atoms with Crippen molar-refractivity contribution in [2.45, 2.75) is 27.2 Å². The maximum absolute atomic E-state index is 5.46. The van der Waals surface area contributed by atoms with Gasteiger partial charge in [0.2, 0.25) is 0 Å². The molecule has 80 valence electrons. The number of hydrogen-bond donors (Lipinski definition) is 1. The molecule has 0 saturated heterocycles. The zero-order valence-corrected chi connectivity index (χ0v) is 9.78. The molecule has 0 bridgehead atoms. The summed E-state index contributed by atoms with van der Waals surface area (Å²) in [5.41, 5.74) is 0.421. The van der Waals surface area contributed by atoms with E-state index < -0.39 is 0 Å². The first kappa shape index (κ1) is 13.2. The summed E-state index contributed by atoms with van der Waals surface area (Å²) in [6.45, 7) is 10.1. The molecule has 0 aromatic carbocycles. The maximum Gasteiger partial charge on any atom is 0.0602 e. The van der Waals surface area contributed by atoms with Gasteiger partial charge in [-0.25, -0.2) is 0 Å². The SMILES string of the molecule is CC(C)(C)CCNCCOCCCl. The van der Waals surface area contributed by atoms with Crippen LogP contribution in [-0.4, -0.2) is 32.2 Å². The Labute approximate surface area is 87.0 Å². The van der Waals surface area contributed by atoms with Gasteiger partial charge in [0.25, 0.3) is 0 Å². The fourth-order valence-corrected chi connectivity index (χ4v) is 0.998. The summed E-state index contributed by atoms with van der Waals surface area (Å²) >= 11 is 5.46. The monoisotopic (exact) mass is 207 g/mol. The van der Waals surface area contributed by atoms with Crippen LogP contribution in [0.4, 0.5) is 0 Å². The van der Waals surface area contributed by atoms with Crippen LogP contribution in [0.5, 0.6) is 0 Å². The van der Waals surface area contributed by atoms with E-state index in [1.807, 2.05) is 0 Å². The highest BCUT2D eigenvalue weighted by Gasteiger charge is 2.08. The Morgan fingerprint density at radius 1 is 1.15 bits per heavy atom. The van der Waals surface area contributed by atoms with E-state index >= 15 is 0 Å².